The van der Waals surface area contributed by atoms with Gasteiger partial charge in [-0.25, -0.2) is 9.97 Å². The summed E-state index contributed by atoms with van der Waals surface area (Å²) in [5.41, 5.74) is 6.73. The lowest BCUT2D eigenvalue weighted by molar-refractivity contribution is -0.122. The van der Waals surface area contributed by atoms with Gasteiger partial charge in [-0.1, -0.05) is 56.4 Å². The van der Waals surface area contributed by atoms with Crippen molar-refractivity contribution in [3.8, 4) is 11.3 Å². The number of likely N-dealkylation sites (tertiary alicyclic amines) is 1. The number of aromatic nitrogens is 4. The van der Waals surface area contributed by atoms with Gasteiger partial charge in [-0.2, -0.15) is 5.10 Å². The number of carbonyl (C=O) groups is 2. The van der Waals surface area contributed by atoms with E-state index in [4.69, 9.17) is 19.9 Å². The zero-order valence-corrected chi connectivity index (χ0v) is 27.4. The van der Waals surface area contributed by atoms with E-state index in [9.17, 15) is 9.90 Å². The molecule has 0 saturated carbocycles. The molecule has 1 saturated heterocycles. The number of rotatable bonds is 7. The van der Waals surface area contributed by atoms with E-state index in [1.807, 2.05) is 17.8 Å². The van der Waals surface area contributed by atoms with Gasteiger partial charge in [-0.3, -0.25) is 14.3 Å². The van der Waals surface area contributed by atoms with Crippen LogP contribution in [0.5, 0.6) is 0 Å². The summed E-state index contributed by atoms with van der Waals surface area (Å²) in [6.45, 7) is 9.31. The molecule has 1 aliphatic heterocycles. The van der Waals surface area contributed by atoms with Gasteiger partial charge in [0.2, 0.25) is 0 Å². The summed E-state index contributed by atoms with van der Waals surface area (Å²) < 4.78 is 1.86. The highest BCUT2D eigenvalue weighted by molar-refractivity contribution is 7.19. The van der Waals surface area contributed by atoms with Crippen molar-refractivity contribution < 1.29 is 19.8 Å². The van der Waals surface area contributed by atoms with Crippen LogP contribution in [-0.4, -0.2) is 73.0 Å². The Morgan fingerprint density at radius 1 is 1.13 bits per heavy atom. The standard InChI is InChI=1S/C33H42N6O2S.CH2O2/c1-33(2,3)24-9-10-26-23(19-24)20-28-31(36-26)42-32(37-28)30(41)35-27(14-18-39-16-12-25(40)13-17-39)21-5-7-22(8-6-21)29-11-15-34-38(29)4;2-1-3/h5-8,11,15,20,24-25,27,40H,9-10,12-14,16-19H2,1-4H3,(H,35,41);1H,(H,2,3)/t24-,27+;/m0./s1. The molecule has 0 spiro atoms. The predicted octanol–water partition coefficient (Wildman–Crippen LogP) is 5.26. The van der Waals surface area contributed by atoms with Crippen LogP contribution in [0.1, 0.15) is 79.1 Å². The number of hydrogen-bond acceptors (Lipinski definition) is 8. The average Bonchev–Trinajstić information content (AvgIpc) is 3.64. The van der Waals surface area contributed by atoms with E-state index in [-0.39, 0.29) is 29.9 Å². The number of nitrogens with one attached hydrogen (secondary N) is 1. The van der Waals surface area contributed by atoms with E-state index in [1.165, 1.54) is 16.9 Å². The largest absolute Gasteiger partial charge is 0.483 e. The number of amides is 1. The molecule has 3 aromatic heterocycles. The van der Waals surface area contributed by atoms with Gasteiger partial charge in [0, 0.05) is 38.6 Å². The topological polar surface area (TPSA) is 133 Å². The molecule has 1 aromatic carbocycles. The summed E-state index contributed by atoms with van der Waals surface area (Å²) in [6.07, 6.45) is 7.13. The molecule has 4 heterocycles. The second-order valence-corrected chi connectivity index (χ2v) is 14.2. The van der Waals surface area contributed by atoms with E-state index in [0.29, 0.717) is 10.9 Å². The van der Waals surface area contributed by atoms with Gasteiger partial charge >= 0.3 is 0 Å². The maximum Gasteiger partial charge on any atom is 0.290 e. The Labute approximate surface area is 268 Å². The first-order valence-electron chi connectivity index (χ1n) is 15.7. The molecule has 1 fully saturated rings. The minimum Gasteiger partial charge on any atom is -0.483 e. The highest BCUT2D eigenvalue weighted by Gasteiger charge is 2.30. The fourth-order valence-corrected chi connectivity index (χ4v) is 7.23. The van der Waals surface area contributed by atoms with Gasteiger partial charge in [-0.15, -0.1) is 0 Å². The molecule has 2 atom stereocenters. The van der Waals surface area contributed by atoms with Crippen LogP contribution in [0.2, 0.25) is 0 Å². The first kappa shape index (κ1) is 32.7. The molecule has 10 nitrogen and oxygen atoms in total. The highest BCUT2D eigenvalue weighted by Crippen LogP contribution is 2.38. The lowest BCUT2D eigenvalue weighted by Crippen LogP contribution is -2.38. The molecule has 240 valence electrons. The molecular weight excluding hydrogens is 588 g/mol. The minimum absolute atomic E-state index is 0.154. The Hall–Kier alpha value is -3.67. The second kappa shape index (κ2) is 14.2. The summed E-state index contributed by atoms with van der Waals surface area (Å²) in [5, 5.41) is 24.9. The quantitative estimate of drug-likeness (QED) is 0.235. The number of piperidine rings is 1. The number of fused-ring (bicyclic) bond motifs is 2. The van der Waals surface area contributed by atoms with Crippen LogP contribution >= 0.6 is 11.3 Å². The normalized spacial score (nSPS) is 18.1. The van der Waals surface area contributed by atoms with E-state index in [0.717, 1.165) is 91.0 Å². The number of thiazole rings is 1. The zero-order valence-electron chi connectivity index (χ0n) is 26.6. The van der Waals surface area contributed by atoms with E-state index in [2.05, 4.69) is 66.4 Å². The third kappa shape index (κ3) is 7.95. The van der Waals surface area contributed by atoms with Crippen molar-refractivity contribution in [2.75, 3.05) is 19.6 Å². The summed E-state index contributed by atoms with van der Waals surface area (Å²) in [6, 6.07) is 12.4. The Morgan fingerprint density at radius 3 is 2.49 bits per heavy atom. The summed E-state index contributed by atoms with van der Waals surface area (Å²) in [4.78, 5) is 35.0. The van der Waals surface area contributed by atoms with Crippen LogP contribution in [0.15, 0.2) is 42.6 Å². The number of benzene rings is 1. The van der Waals surface area contributed by atoms with Crippen LogP contribution in [0.3, 0.4) is 0 Å². The van der Waals surface area contributed by atoms with E-state index < -0.39 is 0 Å². The minimum atomic E-state index is -0.250. The zero-order chi connectivity index (χ0) is 32.1. The van der Waals surface area contributed by atoms with Gasteiger partial charge in [0.25, 0.3) is 12.4 Å². The van der Waals surface area contributed by atoms with Crippen molar-refractivity contribution in [3.05, 3.63) is 64.4 Å². The van der Waals surface area contributed by atoms with Gasteiger partial charge < -0.3 is 20.4 Å². The third-order valence-electron chi connectivity index (χ3n) is 9.19. The molecule has 1 aliphatic carbocycles. The number of carbonyl (C=O) groups excluding carboxylic acids is 1. The number of nitrogens with zero attached hydrogens (tertiary/aromatic N) is 5. The summed E-state index contributed by atoms with van der Waals surface area (Å²) in [7, 11) is 1.94. The van der Waals surface area contributed by atoms with Gasteiger partial charge in [-0.05, 0) is 78.7 Å². The number of hydrogen-bond donors (Lipinski definition) is 3. The number of aliphatic hydroxyl groups is 1. The monoisotopic (exact) mass is 632 g/mol. The molecule has 2 aliphatic rings. The fraction of sp³-hybridized carbons (Fsp3) is 0.500. The SMILES string of the molecule is Cn1nccc1-c1ccc([C@@H](CCN2CCC(O)CC2)NC(=O)c2nc3cc4c(nc3s2)CC[C@H](C(C)(C)C)C4)cc1.O=CO. The molecule has 6 rings (SSSR count). The Bertz CT molecular complexity index is 1600. The predicted molar refractivity (Wildman–Crippen MR) is 176 cm³/mol. The molecule has 0 radical (unpaired) electrons. The smallest absolute Gasteiger partial charge is 0.290 e. The summed E-state index contributed by atoms with van der Waals surface area (Å²) in [5.74, 6) is 0.470. The number of pyridine rings is 1. The van der Waals surface area contributed by atoms with E-state index >= 15 is 0 Å². The average molecular weight is 633 g/mol. The van der Waals surface area contributed by atoms with Crippen molar-refractivity contribution in [1.29, 1.82) is 0 Å². The Balaban J connectivity index is 0.00000128. The third-order valence-corrected chi connectivity index (χ3v) is 10.2. The van der Waals surface area contributed by atoms with Gasteiger partial charge in [0.1, 0.15) is 10.3 Å². The molecular formula is C34H44N6O4S. The number of aryl methyl sites for hydroxylation is 2. The van der Waals surface area contributed by atoms with Gasteiger partial charge in [0.15, 0.2) is 5.01 Å². The molecule has 0 bridgehead atoms. The first-order chi connectivity index (χ1) is 21.5. The molecule has 4 aromatic rings. The van der Waals surface area contributed by atoms with Crippen molar-refractivity contribution in [2.24, 2.45) is 18.4 Å². The van der Waals surface area contributed by atoms with E-state index in [1.54, 1.807) is 6.20 Å². The lowest BCUT2D eigenvalue weighted by atomic mass is 9.71. The van der Waals surface area contributed by atoms with Crippen LogP contribution in [0.4, 0.5) is 0 Å². The Kier molecular flexibility index (Phi) is 10.3. The number of aliphatic hydroxyl groups excluding tert-OH is 1. The molecule has 0 unspecified atom stereocenters. The van der Waals surface area contributed by atoms with Crippen LogP contribution < -0.4 is 5.32 Å². The number of carboxylic acid groups (broad SMARTS) is 1. The maximum atomic E-state index is 13.6. The molecule has 1 amide bonds. The van der Waals surface area contributed by atoms with Crippen LogP contribution in [0, 0.1) is 11.3 Å². The highest BCUT2D eigenvalue weighted by atomic mass is 32.1. The van der Waals surface area contributed by atoms with Gasteiger partial charge in [0.05, 0.1) is 17.8 Å². The van der Waals surface area contributed by atoms with Crippen molar-refractivity contribution >= 4 is 34.1 Å². The molecule has 3 N–H and O–H groups in total. The van der Waals surface area contributed by atoms with Crippen LogP contribution in [-0.2, 0) is 24.7 Å². The van der Waals surface area contributed by atoms with Crippen molar-refractivity contribution in [1.82, 2.24) is 30.0 Å². The molecule has 11 heteroatoms. The van der Waals surface area contributed by atoms with Crippen molar-refractivity contribution in [3.63, 3.8) is 0 Å². The van der Waals surface area contributed by atoms with Crippen LogP contribution in [0.25, 0.3) is 21.6 Å². The second-order valence-electron chi connectivity index (χ2n) is 13.2. The summed E-state index contributed by atoms with van der Waals surface area (Å²) >= 11 is 1.39. The maximum absolute atomic E-state index is 13.6. The fourth-order valence-electron chi connectivity index (χ4n) is 6.39. The lowest BCUT2D eigenvalue weighted by Gasteiger charge is -2.34. The Morgan fingerprint density at radius 2 is 1.84 bits per heavy atom. The van der Waals surface area contributed by atoms with Crippen molar-refractivity contribution in [2.45, 2.75) is 71.4 Å². The first-order valence-corrected chi connectivity index (χ1v) is 16.5. The molecule has 45 heavy (non-hydrogen) atoms.